The van der Waals surface area contributed by atoms with Crippen molar-refractivity contribution < 1.29 is 29.0 Å². The number of hydrogen-bond donors (Lipinski definition) is 2. The average Bonchev–Trinajstić information content (AvgIpc) is 2.49. The topological polar surface area (TPSA) is 102 Å². The van der Waals surface area contributed by atoms with E-state index in [9.17, 15) is 19.5 Å². The highest BCUT2D eigenvalue weighted by Crippen LogP contribution is 2.31. The van der Waals surface area contributed by atoms with E-state index < -0.39 is 23.8 Å². The Morgan fingerprint density at radius 2 is 1.35 bits per heavy atom. The van der Waals surface area contributed by atoms with Crippen LogP contribution < -0.4 is 5.32 Å². The summed E-state index contributed by atoms with van der Waals surface area (Å²) in [6.45, 7) is 7.19. The molecule has 0 spiro atoms. The van der Waals surface area contributed by atoms with Crippen LogP contribution >= 0.6 is 0 Å². The molecule has 1 aliphatic heterocycles. The molecular formula is C16H23NO6. The second-order valence-electron chi connectivity index (χ2n) is 5.25. The molecule has 7 heteroatoms. The van der Waals surface area contributed by atoms with Crippen molar-refractivity contribution in [2.75, 3.05) is 13.2 Å². The smallest absolute Gasteiger partial charge is 0.337 e. The van der Waals surface area contributed by atoms with Crippen molar-refractivity contribution in [2.24, 2.45) is 5.92 Å². The molecule has 0 amide bonds. The van der Waals surface area contributed by atoms with Gasteiger partial charge >= 0.3 is 17.9 Å². The molecule has 0 bridgehead atoms. The minimum Gasteiger partial charge on any atom is -0.481 e. The normalized spacial score (nSPS) is 15.3. The fourth-order valence-electron chi connectivity index (χ4n) is 2.33. The number of rotatable bonds is 7. The predicted octanol–water partition coefficient (Wildman–Crippen LogP) is 1.74. The number of nitrogens with one attached hydrogen (secondary N) is 1. The van der Waals surface area contributed by atoms with Crippen molar-refractivity contribution in [3.63, 3.8) is 0 Å². The van der Waals surface area contributed by atoms with Crippen molar-refractivity contribution in [2.45, 2.75) is 40.5 Å². The van der Waals surface area contributed by atoms with Crippen LogP contribution in [-0.4, -0.2) is 36.2 Å². The van der Waals surface area contributed by atoms with Crippen LogP contribution in [0.15, 0.2) is 22.5 Å². The molecule has 0 saturated carbocycles. The summed E-state index contributed by atoms with van der Waals surface area (Å²) in [5.74, 6) is -4.17. The molecule has 128 valence electrons. The Bertz CT molecular complexity index is 519. The lowest BCUT2D eigenvalue weighted by atomic mass is 9.85. The lowest BCUT2D eigenvalue weighted by Crippen LogP contribution is -2.37. The summed E-state index contributed by atoms with van der Waals surface area (Å²) in [4.78, 5) is 36.1. The summed E-state index contributed by atoms with van der Waals surface area (Å²) >= 11 is 0. The van der Waals surface area contributed by atoms with Crippen LogP contribution in [0.4, 0.5) is 0 Å². The fraction of sp³-hybridized carbons (Fsp3) is 0.562. The van der Waals surface area contributed by atoms with E-state index in [0.29, 0.717) is 24.2 Å². The molecule has 0 saturated heterocycles. The molecule has 0 unspecified atom stereocenters. The number of carbonyl (C=O) groups is 3. The van der Waals surface area contributed by atoms with Crippen molar-refractivity contribution in [3.8, 4) is 0 Å². The molecule has 0 aliphatic carbocycles. The Labute approximate surface area is 135 Å². The molecule has 1 rings (SSSR count). The van der Waals surface area contributed by atoms with E-state index in [4.69, 9.17) is 9.47 Å². The maximum absolute atomic E-state index is 12.2. The Morgan fingerprint density at radius 3 is 1.65 bits per heavy atom. The Hall–Kier alpha value is -2.31. The molecule has 0 radical (unpaired) electrons. The van der Waals surface area contributed by atoms with E-state index in [-0.39, 0.29) is 24.4 Å². The molecule has 0 aromatic heterocycles. The van der Waals surface area contributed by atoms with Gasteiger partial charge in [0.15, 0.2) is 0 Å². The van der Waals surface area contributed by atoms with E-state index in [1.165, 1.54) is 0 Å². The van der Waals surface area contributed by atoms with Gasteiger partial charge in [0.1, 0.15) is 5.92 Å². The first kappa shape index (κ1) is 18.7. The largest absolute Gasteiger partial charge is 0.481 e. The quantitative estimate of drug-likeness (QED) is 0.687. The standard InChI is InChI=1S/C16H23NO6/c1-5-7-22-15(20)11-9(3)17-10(4)12(13(11)14(18)19)16(21)23-8-6-2/h13,17H,5-8H2,1-4H3,(H,18,19). The van der Waals surface area contributed by atoms with Crippen LogP contribution in [-0.2, 0) is 23.9 Å². The van der Waals surface area contributed by atoms with Crippen molar-refractivity contribution in [1.82, 2.24) is 5.32 Å². The lowest BCUT2D eigenvalue weighted by Gasteiger charge is -2.27. The molecule has 1 heterocycles. The number of carboxylic acid groups (broad SMARTS) is 1. The molecule has 1 aliphatic rings. The number of hydrogen-bond acceptors (Lipinski definition) is 6. The zero-order valence-electron chi connectivity index (χ0n) is 13.9. The number of esters is 2. The number of allylic oxidation sites excluding steroid dienone is 2. The third kappa shape index (κ3) is 4.34. The van der Waals surface area contributed by atoms with Gasteiger partial charge in [-0.1, -0.05) is 13.8 Å². The van der Waals surface area contributed by atoms with Gasteiger partial charge in [-0.3, -0.25) is 4.79 Å². The summed E-state index contributed by atoms with van der Waals surface area (Å²) < 4.78 is 10.1. The van der Waals surface area contributed by atoms with Crippen LogP contribution in [0, 0.1) is 5.92 Å². The summed E-state index contributed by atoms with van der Waals surface area (Å²) in [6.07, 6.45) is 1.23. The Balaban J connectivity index is 3.21. The van der Waals surface area contributed by atoms with Gasteiger partial charge in [-0.25, -0.2) is 9.59 Å². The van der Waals surface area contributed by atoms with Gasteiger partial charge in [-0.15, -0.1) is 0 Å². The predicted molar refractivity (Wildman–Crippen MR) is 82.2 cm³/mol. The van der Waals surface area contributed by atoms with E-state index in [2.05, 4.69) is 5.32 Å². The molecule has 2 N–H and O–H groups in total. The van der Waals surface area contributed by atoms with Crippen LogP contribution in [0.1, 0.15) is 40.5 Å². The third-order valence-electron chi connectivity index (χ3n) is 3.32. The van der Waals surface area contributed by atoms with Crippen molar-refractivity contribution >= 4 is 17.9 Å². The molecule has 0 aromatic rings. The zero-order valence-corrected chi connectivity index (χ0v) is 13.9. The first-order chi connectivity index (χ1) is 10.8. The third-order valence-corrected chi connectivity index (χ3v) is 3.32. The first-order valence-electron chi connectivity index (χ1n) is 7.60. The molecular weight excluding hydrogens is 302 g/mol. The maximum atomic E-state index is 12.2. The minimum absolute atomic E-state index is 0.0694. The average molecular weight is 325 g/mol. The molecule has 7 nitrogen and oxygen atoms in total. The van der Waals surface area contributed by atoms with Gasteiger partial charge in [0, 0.05) is 11.4 Å². The molecule has 0 fully saturated rings. The van der Waals surface area contributed by atoms with Gasteiger partial charge in [0.05, 0.1) is 24.4 Å². The maximum Gasteiger partial charge on any atom is 0.337 e. The molecule has 0 atom stereocenters. The highest BCUT2D eigenvalue weighted by atomic mass is 16.5. The highest BCUT2D eigenvalue weighted by molar-refractivity contribution is 6.05. The number of carboxylic acids is 1. The highest BCUT2D eigenvalue weighted by Gasteiger charge is 2.41. The van der Waals surface area contributed by atoms with Crippen molar-refractivity contribution in [3.05, 3.63) is 22.5 Å². The van der Waals surface area contributed by atoms with Gasteiger partial charge in [0.25, 0.3) is 0 Å². The second kappa shape index (κ2) is 8.36. The molecule has 0 aromatic carbocycles. The van der Waals surface area contributed by atoms with Gasteiger partial charge in [0.2, 0.25) is 0 Å². The number of dihydropyridines is 1. The van der Waals surface area contributed by atoms with Crippen molar-refractivity contribution in [1.29, 1.82) is 0 Å². The number of aliphatic carboxylic acids is 1. The van der Waals surface area contributed by atoms with Gasteiger partial charge in [-0.2, -0.15) is 0 Å². The summed E-state index contributed by atoms with van der Waals surface area (Å²) in [7, 11) is 0. The van der Waals surface area contributed by atoms with E-state index >= 15 is 0 Å². The van der Waals surface area contributed by atoms with Crippen LogP contribution in [0.25, 0.3) is 0 Å². The Morgan fingerprint density at radius 1 is 0.957 bits per heavy atom. The summed E-state index contributed by atoms with van der Waals surface area (Å²) in [5.41, 5.74) is 0.589. The molecule has 23 heavy (non-hydrogen) atoms. The van der Waals surface area contributed by atoms with E-state index in [1.807, 2.05) is 13.8 Å². The monoisotopic (exact) mass is 325 g/mol. The van der Waals surface area contributed by atoms with E-state index in [1.54, 1.807) is 13.8 Å². The van der Waals surface area contributed by atoms with Gasteiger partial charge < -0.3 is 19.9 Å². The van der Waals surface area contributed by atoms with Crippen LogP contribution in [0.3, 0.4) is 0 Å². The van der Waals surface area contributed by atoms with Crippen LogP contribution in [0.2, 0.25) is 0 Å². The van der Waals surface area contributed by atoms with Crippen LogP contribution in [0.5, 0.6) is 0 Å². The zero-order chi connectivity index (χ0) is 17.6. The fourth-order valence-corrected chi connectivity index (χ4v) is 2.33. The number of ether oxygens (including phenoxy) is 2. The number of carbonyl (C=O) groups excluding carboxylic acids is 2. The first-order valence-corrected chi connectivity index (χ1v) is 7.60. The Kier molecular flexibility index (Phi) is 6.81. The lowest BCUT2D eigenvalue weighted by molar-refractivity contribution is -0.148. The minimum atomic E-state index is -1.40. The van der Waals surface area contributed by atoms with E-state index in [0.717, 1.165) is 0 Å². The second-order valence-corrected chi connectivity index (χ2v) is 5.25. The summed E-state index contributed by atoms with van der Waals surface area (Å²) in [5, 5.41) is 12.4. The SMILES string of the molecule is CCCOC(=O)C1=C(C)NC(C)=C(C(=O)OCCC)C1C(=O)O. The van der Waals surface area contributed by atoms with Gasteiger partial charge in [-0.05, 0) is 26.7 Å². The summed E-state index contributed by atoms with van der Waals surface area (Å²) in [6, 6.07) is 0.